The van der Waals surface area contributed by atoms with E-state index in [1.807, 2.05) is 20.8 Å². The van der Waals surface area contributed by atoms with Crippen molar-refractivity contribution in [2.24, 2.45) is 5.73 Å². The van der Waals surface area contributed by atoms with Crippen LogP contribution in [0.4, 0.5) is 4.79 Å². The van der Waals surface area contributed by atoms with E-state index in [4.69, 9.17) is 10.5 Å². The molecule has 2 unspecified atom stereocenters. The Morgan fingerprint density at radius 2 is 2.14 bits per heavy atom. The van der Waals surface area contributed by atoms with Crippen LogP contribution in [0.2, 0.25) is 0 Å². The van der Waals surface area contributed by atoms with Crippen molar-refractivity contribution in [2.75, 3.05) is 6.54 Å². The fraction of sp³-hybridized carbons (Fsp3) is 0.889. The van der Waals surface area contributed by atoms with Crippen molar-refractivity contribution in [1.29, 1.82) is 0 Å². The van der Waals surface area contributed by atoms with Crippen LogP contribution in [0, 0.1) is 0 Å². The fourth-order valence-electron chi connectivity index (χ4n) is 1.29. The molecule has 0 aromatic heterocycles. The minimum absolute atomic E-state index is 0.0578. The molecule has 2 atom stereocenters. The van der Waals surface area contributed by atoms with Crippen molar-refractivity contribution < 1.29 is 9.53 Å². The van der Waals surface area contributed by atoms with Gasteiger partial charge >= 0.3 is 6.09 Å². The number of ether oxygens (including phenoxy) is 1. The number of carbonyl (C=O) groups excluding carboxylic acids is 1. The Bertz CT molecular complexity index is 227. The van der Waals surface area contributed by atoms with Gasteiger partial charge in [-0.05, 0) is 27.2 Å². The fourth-order valence-corrected chi connectivity index (χ4v) is 2.16. The van der Waals surface area contributed by atoms with E-state index < -0.39 is 5.60 Å². The maximum atomic E-state index is 11.7. The molecular weight excluding hydrogens is 295 g/mol. The van der Waals surface area contributed by atoms with Crippen molar-refractivity contribution >= 4 is 28.7 Å². The summed E-state index contributed by atoms with van der Waals surface area (Å²) in [7, 11) is 0. The molecule has 0 spiro atoms. The monoisotopic (exact) mass is 312 g/mol. The molecule has 1 aliphatic heterocycles. The third-order valence-electron chi connectivity index (χ3n) is 1.98. The summed E-state index contributed by atoms with van der Waals surface area (Å²) >= 11 is 2.19. The molecule has 1 saturated heterocycles. The van der Waals surface area contributed by atoms with Gasteiger partial charge in [-0.3, -0.25) is 4.90 Å². The van der Waals surface area contributed by atoms with Crippen LogP contribution < -0.4 is 5.73 Å². The zero-order valence-corrected chi connectivity index (χ0v) is 10.9. The summed E-state index contributed by atoms with van der Waals surface area (Å²) in [5.74, 6) is 0. The van der Waals surface area contributed by atoms with Crippen LogP contribution in [0.3, 0.4) is 0 Å². The summed E-state index contributed by atoms with van der Waals surface area (Å²) in [6, 6.07) is 0.0723. The Morgan fingerprint density at radius 3 is 2.50 bits per heavy atom. The molecule has 82 valence electrons. The molecule has 1 fully saturated rings. The first-order valence-electron chi connectivity index (χ1n) is 4.70. The van der Waals surface area contributed by atoms with Crippen LogP contribution in [-0.2, 0) is 4.74 Å². The van der Waals surface area contributed by atoms with E-state index in [1.54, 1.807) is 4.90 Å². The van der Waals surface area contributed by atoms with E-state index in [-0.39, 0.29) is 16.2 Å². The van der Waals surface area contributed by atoms with E-state index in [0.29, 0.717) is 6.54 Å². The number of nitrogens with two attached hydrogens (primary N) is 1. The van der Waals surface area contributed by atoms with Gasteiger partial charge in [0.05, 0.1) is 0 Å². The largest absolute Gasteiger partial charge is 0.444 e. The molecule has 5 heteroatoms. The Labute approximate surface area is 98.3 Å². The van der Waals surface area contributed by atoms with Gasteiger partial charge in [-0.15, -0.1) is 0 Å². The number of alkyl halides is 1. The minimum Gasteiger partial charge on any atom is -0.444 e. The second-order valence-electron chi connectivity index (χ2n) is 4.50. The zero-order valence-electron chi connectivity index (χ0n) is 8.79. The van der Waals surface area contributed by atoms with Crippen molar-refractivity contribution in [3.8, 4) is 0 Å². The van der Waals surface area contributed by atoms with Gasteiger partial charge in [-0.1, -0.05) is 22.6 Å². The first kappa shape index (κ1) is 12.0. The van der Waals surface area contributed by atoms with E-state index in [2.05, 4.69) is 22.6 Å². The molecule has 14 heavy (non-hydrogen) atoms. The number of hydrogen-bond acceptors (Lipinski definition) is 3. The molecule has 1 amide bonds. The highest BCUT2D eigenvalue weighted by atomic mass is 127. The van der Waals surface area contributed by atoms with Crippen LogP contribution in [-0.4, -0.2) is 33.2 Å². The normalized spacial score (nSPS) is 27.9. The first-order chi connectivity index (χ1) is 6.31. The highest BCUT2D eigenvalue weighted by Crippen LogP contribution is 2.24. The van der Waals surface area contributed by atoms with Crippen LogP contribution in [0.5, 0.6) is 0 Å². The van der Waals surface area contributed by atoms with E-state index in [0.717, 1.165) is 6.42 Å². The SMILES string of the molecule is CC(C)(C)OC(=O)N1CCC(N)C1I. The van der Waals surface area contributed by atoms with Crippen molar-refractivity contribution in [3.63, 3.8) is 0 Å². The number of nitrogens with zero attached hydrogens (tertiary/aromatic N) is 1. The highest BCUT2D eigenvalue weighted by Gasteiger charge is 2.35. The molecule has 2 N–H and O–H groups in total. The van der Waals surface area contributed by atoms with Gasteiger partial charge in [0.15, 0.2) is 0 Å². The van der Waals surface area contributed by atoms with Gasteiger partial charge in [0.25, 0.3) is 0 Å². The average Bonchev–Trinajstić information content (AvgIpc) is 2.29. The lowest BCUT2D eigenvalue weighted by Crippen LogP contribution is -2.41. The molecule has 0 saturated carbocycles. The summed E-state index contributed by atoms with van der Waals surface area (Å²) in [6.07, 6.45) is 0.595. The molecule has 1 aliphatic rings. The van der Waals surface area contributed by atoms with Crippen LogP contribution in [0.25, 0.3) is 0 Å². The first-order valence-corrected chi connectivity index (χ1v) is 5.95. The standard InChI is InChI=1S/C9H17IN2O2/c1-9(2,3)14-8(13)12-5-4-6(11)7(12)10/h6-7H,4-5,11H2,1-3H3. The summed E-state index contributed by atoms with van der Waals surface area (Å²) in [4.78, 5) is 13.4. The maximum absolute atomic E-state index is 11.7. The minimum atomic E-state index is -0.430. The topological polar surface area (TPSA) is 55.6 Å². The van der Waals surface area contributed by atoms with Crippen molar-refractivity contribution in [3.05, 3.63) is 0 Å². The highest BCUT2D eigenvalue weighted by molar-refractivity contribution is 14.1. The quantitative estimate of drug-likeness (QED) is 0.421. The molecular formula is C9H17IN2O2. The zero-order chi connectivity index (χ0) is 10.9. The molecule has 4 nitrogen and oxygen atoms in total. The van der Waals surface area contributed by atoms with Gasteiger partial charge in [0.1, 0.15) is 9.65 Å². The van der Waals surface area contributed by atoms with E-state index in [1.165, 1.54) is 0 Å². The van der Waals surface area contributed by atoms with Crippen molar-refractivity contribution in [2.45, 2.75) is 42.9 Å². The van der Waals surface area contributed by atoms with Gasteiger partial charge < -0.3 is 10.5 Å². The molecule has 1 rings (SSSR count). The number of rotatable bonds is 0. The number of halogens is 1. The summed E-state index contributed by atoms with van der Waals surface area (Å²) in [6.45, 7) is 6.29. The van der Waals surface area contributed by atoms with Gasteiger partial charge in [-0.2, -0.15) is 0 Å². The van der Waals surface area contributed by atoms with Gasteiger partial charge in [-0.25, -0.2) is 4.79 Å². The lowest BCUT2D eigenvalue weighted by molar-refractivity contribution is 0.0282. The van der Waals surface area contributed by atoms with Crippen LogP contribution in [0.15, 0.2) is 0 Å². The Balaban J connectivity index is 2.54. The lowest BCUT2D eigenvalue weighted by atomic mass is 10.2. The summed E-state index contributed by atoms with van der Waals surface area (Å²) in [5, 5.41) is 0. The maximum Gasteiger partial charge on any atom is 0.411 e. The predicted molar refractivity (Wildman–Crippen MR) is 63.3 cm³/mol. The Hall–Kier alpha value is -0.0400. The van der Waals surface area contributed by atoms with E-state index in [9.17, 15) is 4.79 Å². The number of amides is 1. The molecule has 1 heterocycles. The average molecular weight is 312 g/mol. The third-order valence-corrected chi connectivity index (χ3v) is 3.58. The third kappa shape index (κ3) is 2.98. The second-order valence-corrected chi connectivity index (χ2v) is 5.78. The number of carbonyl (C=O) groups is 1. The van der Waals surface area contributed by atoms with Crippen molar-refractivity contribution in [1.82, 2.24) is 4.90 Å². The molecule has 0 radical (unpaired) electrons. The lowest BCUT2D eigenvalue weighted by Gasteiger charge is -2.26. The van der Waals surface area contributed by atoms with Gasteiger partial charge in [0.2, 0.25) is 0 Å². The number of hydrogen-bond donors (Lipinski definition) is 1. The predicted octanol–water partition coefficient (Wildman–Crippen LogP) is 1.72. The summed E-state index contributed by atoms with van der Waals surface area (Å²) < 4.78 is 5.32. The summed E-state index contributed by atoms with van der Waals surface area (Å²) in [5.41, 5.74) is 5.38. The molecule has 0 aliphatic carbocycles. The van der Waals surface area contributed by atoms with Crippen LogP contribution in [0.1, 0.15) is 27.2 Å². The molecule has 0 aromatic rings. The molecule has 0 bridgehead atoms. The molecule has 0 aromatic carbocycles. The number of likely N-dealkylation sites (tertiary alicyclic amines) is 1. The second kappa shape index (κ2) is 4.22. The van der Waals surface area contributed by atoms with E-state index >= 15 is 0 Å². The Morgan fingerprint density at radius 1 is 1.57 bits per heavy atom. The van der Waals surface area contributed by atoms with Gasteiger partial charge in [0, 0.05) is 12.6 Å². The Kier molecular flexibility index (Phi) is 3.63. The smallest absolute Gasteiger partial charge is 0.411 e. The van der Waals surface area contributed by atoms with Crippen LogP contribution >= 0.6 is 22.6 Å².